The largest absolute Gasteiger partial charge is 0.396 e. The molecule has 2 nitrogen and oxygen atoms in total. The van der Waals surface area contributed by atoms with Crippen molar-refractivity contribution in [1.82, 2.24) is 0 Å². The van der Waals surface area contributed by atoms with Crippen molar-refractivity contribution in [2.24, 2.45) is 0 Å². The zero-order valence-electron chi connectivity index (χ0n) is 15.9. The summed E-state index contributed by atoms with van der Waals surface area (Å²) in [5, 5.41) is 0. The van der Waals surface area contributed by atoms with Crippen LogP contribution in [0.1, 0.15) is 73.6 Å². The summed E-state index contributed by atoms with van der Waals surface area (Å²) >= 11 is 5.31. The van der Waals surface area contributed by atoms with Crippen molar-refractivity contribution >= 4 is 30.0 Å². The summed E-state index contributed by atoms with van der Waals surface area (Å²) in [5.41, 5.74) is 0. The number of rotatable bonds is 14. The zero-order valence-corrected chi connectivity index (χ0v) is 19.0. The van der Waals surface area contributed by atoms with Gasteiger partial charge in [0, 0.05) is 17.2 Å². The number of hydrogen-bond acceptors (Lipinski definition) is 3. The molecule has 0 fully saturated rings. The van der Waals surface area contributed by atoms with Crippen LogP contribution in [0.25, 0.3) is 0 Å². The molecule has 0 unspecified atom stereocenters. The fourth-order valence-corrected chi connectivity index (χ4v) is 15.5. The van der Waals surface area contributed by atoms with E-state index in [2.05, 4.69) is 41.5 Å². The molecule has 1 atom stereocenters. The van der Waals surface area contributed by atoms with Crippen LogP contribution < -0.4 is 0 Å². The molecule has 0 N–H and O–H groups in total. The van der Waals surface area contributed by atoms with Crippen LogP contribution in [-0.4, -0.2) is 34.6 Å². The number of hydrogen-bond donors (Lipinski definition) is 1. The molecule has 0 aromatic rings. The van der Waals surface area contributed by atoms with E-state index in [-0.39, 0.29) is 3.99 Å². The highest BCUT2D eigenvalue weighted by molar-refractivity contribution is 7.86. The Kier molecular flexibility index (Phi) is 12.5. The second kappa shape index (κ2) is 12.1. The predicted octanol–water partition coefficient (Wildman–Crippen LogP) is 5.51. The topological polar surface area (TPSA) is 18.5 Å². The van der Waals surface area contributed by atoms with Gasteiger partial charge >= 0.3 is 9.28 Å². The van der Waals surface area contributed by atoms with Crippen LogP contribution in [0.4, 0.5) is 0 Å². The smallest absolute Gasteiger partial charge is 0.334 e. The van der Waals surface area contributed by atoms with E-state index in [1.165, 1.54) is 31.0 Å². The second-order valence-electron chi connectivity index (χ2n) is 6.40. The molecular weight excluding hydrogens is 324 g/mol. The van der Waals surface area contributed by atoms with Gasteiger partial charge in [0.05, 0.1) is 8.07 Å². The van der Waals surface area contributed by atoms with Crippen LogP contribution in [0.3, 0.4) is 0 Å². The minimum Gasteiger partial charge on any atom is -0.396 e. The minimum atomic E-state index is -1.78. The van der Waals surface area contributed by atoms with Crippen LogP contribution in [0.5, 0.6) is 0 Å². The third-order valence-corrected chi connectivity index (χ3v) is 18.8. The van der Waals surface area contributed by atoms with Crippen LogP contribution in [-0.2, 0) is 8.85 Å². The van der Waals surface area contributed by atoms with E-state index in [4.69, 9.17) is 21.5 Å². The first-order chi connectivity index (χ1) is 10.5. The van der Waals surface area contributed by atoms with Gasteiger partial charge in [0.25, 0.3) is 0 Å². The van der Waals surface area contributed by atoms with E-state index < -0.39 is 17.4 Å². The van der Waals surface area contributed by atoms with E-state index in [1.807, 2.05) is 0 Å². The van der Waals surface area contributed by atoms with E-state index >= 15 is 0 Å². The standard InChI is InChI=1S/C17H40O2SSi2/c1-7-13-15-18-21(19-16-14-8-2)17(20,9-3)22(10-4,11-5)12-6/h20-21H,7-16H2,1-6H3/t17-/m1/s1. The summed E-state index contributed by atoms with van der Waals surface area (Å²) in [7, 11) is -3.26. The van der Waals surface area contributed by atoms with E-state index in [1.54, 1.807) is 0 Å². The second-order valence-corrected chi connectivity index (χ2v) is 16.6. The Balaban J connectivity index is 5.27. The Hall–Kier alpha value is 0.704. The van der Waals surface area contributed by atoms with Crippen molar-refractivity contribution in [1.29, 1.82) is 0 Å². The molecule has 0 aliphatic carbocycles. The van der Waals surface area contributed by atoms with Gasteiger partial charge in [-0.25, -0.2) is 0 Å². The van der Waals surface area contributed by atoms with Gasteiger partial charge in [-0.2, -0.15) is 12.6 Å². The van der Waals surface area contributed by atoms with E-state index in [9.17, 15) is 0 Å². The fraction of sp³-hybridized carbons (Fsp3) is 1.00. The van der Waals surface area contributed by atoms with Crippen molar-refractivity contribution in [3.05, 3.63) is 0 Å². The molecule has 0 heterocycles. The molecule has 0 aliphatic heterocycles. The monoisotopic (exact) mass is 364 g/mol. The van der Waals surface area contributed by atoms with Gasteiger partial charge < -0.3 is 8.85 Å². The van der Waals surface area contributed by atoms with Crippen molar-refractivity contribution < 1.29 is 8.85 Å². The van der Waals surface area contributed by atoms with Gasteiger partial charge in [0.2, 0.25) is 0 Å². The molecule has 0 aromatic heterocycles. The summed E-state index contributed by atoms with van der Waals surface area (Å²) in [4.78, 5) is 0. The molecule has 0 saturated carbocycles. The fourth-order valence-electron chi connectivity index (χ4n) is 3.45. The molecule has 5 heteroatoms. The van der Waals surface area contributed by atoms with Gasteiger partial charge in [0.1, 0.15) is 0 Å². The highest BCUT2D eigenvalue weighted by atomic mass is 32.1. The van der Waals surface area contributed by atoms with Gasteiger partial charge in [-0.1, -0.05) is 72.5 Å². The lowest BCUT2D eigenvalue weighted by Gasteiger charge is -2.48. The van der Waals surface area contributed by atoms with Crippen LogP contribution >= 0.6 is 12.6 Å². The zero-order chi connectivity index (χ0) is 17.1. The van der Waals surface area contributed by atoms with Crippen molar-refractivity contribution in [2.75, 3.05) is 13.2 Å². The van der Waals surface area contributed by atoms with Gasteiger partial charge in [0.15, 0.2) is 0 Å². The quantitative estimate of drug-likeness (QED) is 0.249. The van der Waals surface area contributed by atoms with Gasteiger partial charge in [-0.15, -0.1) is 0 Å². The highest BCUT2D eigenvalue weighted by Crippen LogP contribution is 2.42. The maximum absolute atomic E-state index is 6.37. The highest BCUT2D eigenvalue weighted by Gasteiger charge is 2.53. The molecule has 0 bridgehead atoms. The lowest BCUT2D eigenvalue weighted by atomic mass is 10.4. The normalized spacial score (nSPS) is 15.3. The molecule has 0 spiro atoms. The molecular formula is C17H40O2SSi2. The summed E-state index contributed by atoms with van der Waals surface area (Å²) in [6.45, 7) is 15.5. The average molecular weight is 365 g/mol. The molecule has 0 saturated heterocycles. The predicted molar refractivity (Wildman–Crippen MR) is 108 cm³/mol. The van der Waals surface area contributed by atoms with Crippen LogP contribution in [0, 0.1) is 0 Å². The minimum absolute atomic E-state index is 0.0483. The first-order valence-electron chi connectivity index (χ1n) is 9.47. The van der Waals surface area contributed by atoms with E-state index in [0.29, 0.717) is 0 Å². The van der Waals surface area contributed by atoms with Crippen molar-refractivity contribution in [3.8, 4) is 0 Å². The Morgan fingerprint density at radius 1 is 0.818 bits per heavy atom. The van der Waals surface area contributed by atoms with Crippen molar-refractivity contribution in [3.63, 3.8) is 0 Å². The molecule has 22 heavy (non-hydrogen) atoms. The molecule has 0 rings (SSSR count). The first kappa shape index (κ1) is 22.7. The summed E-state index contributed by atoms with van der Waals surface area (Å²) in [5.74, 6) is 0. The van der Waals surface area contributed by atoms with Crippen LogP contribution in [0.2, 0.25) is 18.1 Å². The number of thiol groups is 1. The average Bonchev–Trinajstić information content (AvgIpc) is 2.55. The third kappa shape index (κ3) is 5.65. The first-order valence-corrected chi connectivity index (χ1v) is 14.1. The molecule has 0 aliphatic rings. The van der Waals surface area contributed by atoms with Gasteiger partial charge in [-0.3, -0.25) is 0 Å². The maximum Gasteiger partial charge on any atom is 0.334 e. The molecule has 134 valence electrons. The Labute approximate surface area is 148 Å². The van der Waals surface area contributed by atoms with Crippen LogP contribution in [0.15, 0.2) is 0 Å². The Morgan fingerprint density at radius 2 is 1.23 bits per heavy atom. The molecule has 0 aromatic carbocycles. The summed E-state index contributed by atoms with van der Waals surface area (Å²) in [6.07, 6.45) is 5.71. The maximum atomic E-state index is 6.37. The van der Waals surface area contributed by atoms with Crippen molar-refractivity contribution in [2.45, 2.75) is 95.8 Å². The Morgan fingerprint density at radius 3 is 1.50 bits per heavy atom. The molecule has 0 radical (unpaired) electrons. The molecule has 0 amide bonds. The van der Waals surface area contributed by atoms with E-state index in [0.717, 1.165) is 32.5 Å². The third-order valence-electron chi connectivity index (χ3n) is 5.41. The summed E-state index contributed by atoms with van der Waals surface area (Å²) in [6, 6.07) is 3.86. The lowest BCUT2D eigenvalue weighted by Crippen LogP contribution is -2.64. The Bertz CT molecular complexity index is 257. The summed E-state index contributed by atoms with van der Waals surface area (Å²) < 4.78 is 12.8. The SMILES string of the molecule is CCCCO[SiH](OCCCC)[C@](S)(CC)[Si](CC)(CC)CC. The van der Waals surface area contributed by atoms with Gasteiger partial charge in [-0.05, 0) is 19.3 Å². The number of unbranched alkanes of at least 4 members (excludes halogenated alkanes) is 2. The lowest BCUT2D eigenvalue weighted by molar-refractivity contribution is 0.185.